The summed E-state index contributed by atoms with van der Waals surface area (Å²) >= 11 is 12.5. The van der Waals surface area contributed by atoms with Gasteiger partial charge < -0.3 is 10.2 Å². The van der Waals surface area contributed by atoms with Crippen LogP contribution >= 0.6 is 35.6 Å². The Bertz CT molecular complexity index is 1390. The number of likely N-dealkylation sites (N-methyl/N-ethyl adjacent to an activating group) is 1. The highest BCUT2D eigenvalue weighted by atomic mass is 35.5. The van der Waals surface area contributed by atoms with Crippen molar-refractivity contribution in [1.82, 2.24) is 14.9 Å². The fourth-order valence-electron chi connectivity index (χ4n) is 5.02. The Balaban J connectivity index is 0.00000336. The van der Waals surface area contributed by atoms with Gasteiger partial charge in [-0.2, -0.15) is 0 Å². The molecule has 1 heterocycles. The van der Waals surface area contributed by atoms with E-state index in [1.165, 1.54) is 24.0 Å². The van der Waals surface area contributed by atoms with Crippen molar-refractivity contribution in [3.8, 4) is 11.3 Å². The van der Waals surface area contributed by atoms with E-state index in [1.807, 2.05) is 18.3 Å². The number of benzene rings is 3. The van der Waals surface area contributed by atoms with Crippen LogP contribution in [-0.2, 0) is 12.8 Å². The number of nitrogens with one attached hydrogen (secondary N) is 1. The van der Waals surface area contributed by atoms with Crippen LogP contribution in [0.2, 0.25) is 10.0 Å². The smallest absolute Gasteiger partial charge is 0.227 e. The van der Waals surface area contributed by atoms with Gasteiger partial charge in [-0.15, -0.1) is 12.4 Å². The van der Waals surface area contributed by atoms with E-state index in [0.29, 0.717) is 16.0 Å². The summed E-state index contributed by atoms with van der Waals surface area (Å²) in [5.41, 5.74) is 7.95. The minimum absolute atomic E-state index is 0. The molecule has 5 rings (SSSR count). The molecule has 0 radical (unpaired) electrons. The molecule has 1 atom stereocenters. The van der Waals surface area contributed by atoms with Crippen LogP contribution in [0.4, 0.5) is 11.6 Å². The highest BCUT2D eigenvalue weighted by Crippen LogP contribution is 2.43. The van der Waals surface area contributed by atoms with Crippen LogP contribution in [0.3, 0.4) is 0 Å². The van der Waals surface area contributed by atoms with Gasteiger partial charge in [0.15, 0.2) is 0 Å². The highest BCUT2D eigenvalue weighted by molar-refractivity contribution is 6.42. The average Bonchev–Trinajstić information content (AvgIpc) is 2.92. The average molecular weight is 568 g/mol. The monoisotopic (exact) mass is 566 g/mol. The summed E-state index contributed by atoms with van der Waals surface area (Å²) in [6, 6.07) is 22.9. The van der Waals surface area contributed by atoms with Gasteiger partial charge in [0, 0.05) is 29.9 Å². The molecule has 4 aromatic rings. The van der Waals surface area contributed by atoms with E-state index < -0.39 is 0 Å². The van der Waals surface area contributed by atoms with Gasteiger partial charge in [-0.05, 0) is 79.4 Å². The Kier molecular flexibility index (Phi) is 9.67. The molecular weight excluding hydrogens is 535 g/mol. The summed E-state index contributed by atoms with van der Waals surface area (Å²) in [6.45, 7) is 4.43. The zero-order valence-corrected chi connectivity index (χ0v) is 24.1. The summed E-state index contributed by atoms with van der Waals surface area (Å²) in [4.78, 5) is 12.1. The van der Waals surface area contributed by atoms with Crippen molar-refractivity contribution in [1.29, 1.82) is 0 Å². The summed E-state index contributed by atoms with van der Waals surface area (Å²) in [7, 11) is 2.20. The Morgan fingerprint density at radius 1 is 0.974 bits per heavy atom. The largest absolute Gasteiger partial charge is 0.324 e. The standard InChI is InChI=1S/C31H32Cl2N4.ClH/c1-3-4-15-37(2)16-14-21-8-7-9-24(17-21)35-31-34-20-23-18-27(22-12-13-28(32)29(33)19-22)25-10-5-6-11-26(25)30(23)36-31;/h5-13,17,19-20,27H,3-4,14-16,18H2,1-2H3,(H,34,35,36);1H. The SMILES string of the molecule is CCCCN(C)CCc1cccc(Nc2ncc3c(n2)-c2ccccc2C(c2ccc(Cl)c(Cl)c2)C3)c1.Cl. The number of anilines is 2. The fourth-order valence-corrected chi connectivity index (χ4v) is 5.32. The molecule has 1 unspecified atom stereocenters. The molecule has 0 amide bonds. The third-order valence-electron chi connectivity index (χ3n) is 7.08. The van der Waals surface area contributed by atoms with Crippen molar-refractivity contribution in [3.63, 3.8) is 0 Å². The van der Waals surface area contributed by atoms with E-state index in [9.17, 15) is 0 Å². The van der Waals surface area contributed by atoms with Gasteiger partial charge >= 0.3 is 0 Å². The molecule has 0 aliphatic heterocycles. The molecule has 1 N–H and O–H groups in total. The Labute approximate surface area is 241 Å². The van der Waals surface area contributed by atoms with Crippen molar-refractivity contribution < 1.29 is 0 Å². The molecule has 0 saturated heterocycles. The van der Waals surface area contributed by atoms with Crippen LogP contribution in [0.15, 0.2) is 72.9 Å². The predicted octanol–water partition coefficient (Wildman–Crippen LogP) is 8.58. The maximum atomic E-state index is 6.36. The van der Waals surface area contributed by atoms with Crippen molar-refractivity contribution >= 4 is 47.2 Å². The first kappa shape index (κ1) is 28.4. The molecule has 3 aromatic carbocycles. The van der Waals surface area contributed by atoms with Crippen molar-refractivity contribution in [2.75, 3.05) is 25.5 Å². The molecule has 0 saturated carbocycles. The third kappa shape index (κ3) is 6.50. The molecular formula is C31H33Cl3N4. The summed E-state index contributed by atoms with van der Waals surface area (Å²) < 4.78 is 0. The first-order valence-electron chi connectivity index (χ1n) is 13.0. The van der Waals surface area contributed by atoms with Gasteiger partial charge in [0.2, 0.25) is 5.95 Å². The maximum Gasteiger partial charge on any atom is 0.227 e. The normalized spacial score (nSPS) is 14.0. The number of rotatable bonds is 9. The maximum absolute atomic E-state index is 6.36. The first-order valence-corrected chi connectivity index (χ1v) is 13.7. The highest BCUT2D eigenvalue weighted by Gasteiger charge is 2.27. The van der Waals surface area contributed by atoms with Crippen LogP contribution in [0.5, 0.6) is 0 Å². The second kappa shape index (κ2) is 12.9. The van der Waals surface area contributed by atoms with Gasteiger partial charge in [-0.25, -0.2) is 9.97 Å². The van der Waals surface area contributed by atoms with Crippen molar-refractivity contribution in [2.45, 2.75) is 38.5 Å². The summed E-state index contributed by atoms with van der Waals surface area (Å²) in [6.07, 6.45) is 6.25. The summed E-state index contributed by atoms with van der Waals surface area (Å²) in [5.74, 6) is 0.784. The molecule has 0 spiro atoms. The van der Waals surface area contributed by atoms with E-state index in [1.54, 1.807) is 0 Å². The van der Waals surface area contributed by atoms with E-state index in [-0.39, 0.29) is 18.3 Å². The Morgan fingerprint density at radius 2 is 1.82 bits per heavy atom. The topological polar surface area (TPSA) is 41.0 Å². The van der Waals surface area contributed by atoms with Gasteiger partial charge in [0.1, 0.15) is 0 Å². The Morgan fingerprint density at radius 3 is 2.63 bits per heavy atom. The minimum atomic E-state index is 0. The molecule has 1 aliphatic rings. The molecule has 1 aliphatic carbocycles. The zero-order chi connectivity index (χ0) is 25.8. The van der Waals surface area contributed by atoms with Crippen molar-refractivity contribution in [2.24, 2.45) is 0 Å². The lowest BCUT2D eigenvalue weighted by atomic mass is 9.78. The number of unbranched alkanes of at least 4 members (excludes halogenated alkanes) is 1. The van der Waals surface area contributed by atoms with Gasteiger partial charge in [0.25, 0.3) is 0 Å². The number of hydrogen-bond acceptors (Lipinski definition) is 4. The fraction of sp³-hybridized carbons (Fsp3) is 0.290. The lowest BCUT2D eigenvalue weighted by molar-refractivity contribution is 0.332. The zero-order valence-electron chi connectivity index (χ0n) is 21.8. The number of halogens is 3. The molecule has 4 nitrogen and oxygen atoms in total. The molecule has 0 bridgehead atoms. The van der Waals surface area contributed by atoms with E-state index in [2.05, 4.69) is 83.8 Å². The van der Waals surface area contributed by atoms with Crippen LogP contribution < -0.4 is 5.32 Å². The molecule has 1 aromatic heterocycles. The number of fused-ring (bicyclic) bond motifs is 3. The van der Waals surface area contributed by atoms with Gasteiger partial charge in [-0.1, -0.05) is 79.0 Å². The lowest BCUT2D eigenvalue weighted by Gasteiger charge is -2.27. The number of nitrogens with zero attached hydrogens (tertiary/aromatic N) is 3. The van der Waals surface area contributed by atoms with Gasteiger partial charge in [-0.3, -0.25) is 0 Å². The van der Waals surface area contributed by atoms with Crippen LogP contribution in [0.25, 0.3) is 11.3 Å². The van der Waals surface area contributed by atoms with Crippen LogP contribution in [-0.4, -0.2) is 35.0 Å². The number of hydrogen-bond donors (Lipinski definition) is 1. The second-order valence-electron chi connectivity index (χ2n) is 9.82. The minimum Gasteiger partial charge on any atom is -0.324 e. The van der Waals surface area contributed by atoms with E-state index in [0.717, 1.165) is 54.0 Å². The van der Waals surface area contributed by atoms with Crippen LogP contribution in [0, 0.1) is 0 Å². The van der Waals surface area contributed by atoms with Crippen LogP contribution in [0.1, 0.15) is 47.9 Å². The molecule has 0 fully saturated rings. The first-order chi connectivity index (χ1) is 18.0. The lowest BCUT2D eigenvalue weighted by Crippen LogP contribution is -2.22. The third-order valence-corrected chi connectivity index (χ3v) is 7.82. The second-order valence-corrected chi connectivity index (χ2v) is 10.6. The Hall–Kier alpha value is -2.63. The van der Waals surface area contributed by atoms with Gasteiger partial charge in [0.05, 0.1) is 15.7 Å². The molecule has 7 heteroatoms. The van der Waals surface area contributed by atoms with E-state index in [4.69, 9.17) is 28.2 Å². The van der Waals surface area contributed by atoms with Crippen molar-refractivity contribution in [3.05, 3.63) is 105 Å². The quantitative estimate of drug-likeness (QED) is 0.220. The molecule has 38 heavy (non-hydrogen) atoms. The molecule has 198 valence electrons. The number of aromatic nitrogens is 2. The summed E-state index contributed by atoms with van der Waals surface area (Å²) in [5, 5.41) is 4.58. The predicted molar refractivity (Wildman–Crippen MR) is 163 cm³/mol. The van der Waals surface area contributed by atoms with E-state index >= 15 is 0 Å².